The molecule has 1 aliphatic rings. The molecule has 0 aliphatic heterocycles. The van der Waals surface area contributed by atoms with Crippen molar-refractivity contribution in [3.05, 3.63) is 23.8 Å². The molecule has 1 fully saturated rings. The zero-order valence-corrected chi connectivity index (χ0v) is 11.2. The largest absolute Gasteiger partial charge is 0.462 e. The van der Waals surface area contributed by atoms with Crippen LogP contribution >= 0.6 is 0 Å². The molecule has 0 atom stereocenters. The zero-order chi connectivity index (χ0) is 14.0. The minimum absolute atomic E-state index is 0.0332. The molecular weight excluding hydrogens is 268 g/mol. The summed E-state index contributed by atoms with van der Waals surface area (Å²) >= 11 is 0. The van der Waals surface area contributed by atoms with Crippen LogP contribution in [0.3, 0.4) is 0 Å². The average Bonchev–Trinajstić information content (AvgIpc) is 2.25. The molecule has 0 bridgehead atoms. The van der Waals surface area contributed by atoms with Crippen molar-refractivity contribution >= 4 is 21.7 Å². The lowest BCUT2D eigenvalue weighted by Crippen LogP contribution is -2.21. The van der Waals surface area contributed by atoms with Crippen molar-refractivity contribution in [1.82, 2.24) is 0 Å². The minimum Gasteiger partial charge on any atom is -0.462 e. The Labute approximate surface area is 111 Å². The number of nitrogen functional groups attached to an aromatic ring is 1. The second kappa shape index (κ2) is 5.18. The van der Waals surface area contributed by atoms with Crippen LogP contribution in [0.25, 0.3) is 0 Å². The Kier molecular flexibility index (Phi) is 3.77. The summed E-state index contributed by atoms with van der Waals surface area (Å²) in [7, 11) is -3.86. The van der Waals surface area contributed by atoms with Gasteiger partial charge in [-0.05, 0) is 37.0 Å². The third kappa shape index (κ3) is 3.24. The Bertz CT molecular complexity index is 594. The van der Waals surface area contributed by atoms with E-state index in [4.69, 9.17) is 15.6 Å². The molecule has 1 saturated carbocycles. The van der Waals surface area contributed by atoms with E-state index in [0.29, 0.717) is 12.5 Å². The topological polar surface area (TPSA) is 112 Å². The smallest absolute Gasteiger partial charge is 0.340 e. The fraction of sp³-hybridized carbons (Fsp3) is 0.417. The molecule has 1 aromatic rings. The predicted molar refractivity (Wildman–Crippen MR) is 69.9 cm³/mol. The van der Waals surface area contributed by atoms with E-state index >= 15 is 0 Å². The number of anilines is 1. The Balaban J connectivity index is 2.15. The molecule has 0 aromatic heterocycles. The van der Waals surface area contributed by atoms with Crippen LogP contribution in [0.15, 0.2) is 23.1 Å². The summed E-state index contributed by atoms with van der Waals surface area (Å²) in [5.74, 6) is -0.207. The molecule has 0 amide bonds. The molecule has 7 heteroatoms. The molecular formula is C12H16N2O4S. The van der Waals surface area contributed by atoms with Crippen molar-refractivity contribution in [2.75, 3.05) is 12.3 Å². The second-order valence-electron chi connectivity index (χ2n) is 4.69. The maximum absolute atomic E-state index is 11.9. The third-order valence-electron chi connectivity index (χ3n) is 3.25. The molecule has 4 N–H and O–H groups in total. The van der Waals surface area contributed by atoms with Crippen molar-refractivity contribution in [3.63, 3.8) is 0 Å². The van der Waals surface area contributed by atoms with Gasteiger partial charge in [0.05, 0.1) is 17.1 Å². The van der Waals surface area contributed by atoms with Crippen molar-refractivity contribution < 1.29 is 17.9 Å². The molecule has 0 unspecified atom stereocenters. The monoisotopic (exact) mass is 284 g/mol. The van der Waals surface area contributed by atoms with E-state index < -0.39 is 16.0 Å². The lowest BCUT2D eigenvalue weighted by atomic mass is 9.86. The van der Waals surface area contributed by atoms with E-state index in [9.17, 15) is 13.2 Å². The van der Waals surface area contributed by atoms with E-state index in [2.05, 4.69) is 0 Å². The van der Waals surface area contributed by atoms with Gasteiger partial charge in [-0.1, -0.05) is 6.42 Å². The van der Waals surface area contributed by atoms with Gasteiger partial charge in [-0.25, -0.2) is 18.4 Å². The number of esters is 1. The molecule has 6 nitrogen and oxygen atoms in total. The van der Waals surface area contributed by atoms with Gasteiger partial charge in [0.2, 0.25) is 10.0 Å². The van der Waals surface area contributed by atoms with Crippen LogP contribution in [-0.2, 0) is 14.8 Å². The van der Waals surface area contributed by atoms with Gasteiger partial charge < -0.3 is 10.5 Å². The number of ether oxygens (including phenoxy) is 1. The first-order valence-corrected chi connectivity index (χ1v) is 7.52. The maximum Gasteiger partial charge on any atom is 0.340 e. The summed E-state index contributed by atoms with van der Waals surface area (Å²) in [6.07, 6.45) is 3.27. The fourth-order valence-corrected chi connectivity index (χ4v) is 2.36. The number of carbonyl (C=O) groups is 1. The van der Waals surface area contributed by atoms with E-state index in [1.807, 2.05) is 0 Å². The quantitative estimate of drug-likeness (QED) is 0.629. The number of carbonyl (C=O) groups excluding carboxylic acids is 1. The van der Waals surface area contributed by atoms with Crippen LogP contribution in [0.2, 0.25) is 0 Å². The summed E-state index contributed by atoms with van der Waals surface area (Å²) in [6.45, 7) is 0.345. The lowest BCUT2D eigenvalue weighted by molar-refractivity contribution is 0.0372. The first kappa shape index (κ1) is 13.8. The minimum atomic E-state index is -3.86. The number of sulfonamides is 1. The standard InChI is InChI=1S/C12H16N2O4S/c13-11-5-4-9(19(14,16)17)6-10(11)12(15)18-7-8-2-1-3-8/h4-6,8H,1-3,7,13H2,(H2,14,16,17). The molecule has 0 heterocycles. The van der Waals surface area contributed by atoms with Gasteiger partial charge in [0.15, 0.2) is 0 Å². The lowest BCUT2D eigenvalue weighted by Gasteiger charge is -2.24. The normalized spacial score (nSPS) is 15.8. The van der Waals surface area contributed by atoms with Crippen LogP contribution in [-0.4, -0.2) is 21.0 Å². The molecule has 104 valence electrons. The number of nitrogens with two attached hydrogens (primary N) is 2. The molecule has 19 heavy (non-hydrogen) atoms. The van der Waals surface area contributed by atoms with E-state index in [-0.39, 0.29) is 16.1 Å². The van der Waals surface area contributed by atoms with Crippen LogP contribution in [0.4, 0.5) is 5.69 Å². The fourth-order valence-electron chi connectivity index (χ4n) is 1.82. The summed E-state index contributed by atoms with van der Waals surface area (Å²) in [5, 5.41) is 5.01. The second-order valence-corrected chi connectivity index (χ2v) is 6.25. The molecule has 0 radical (unpaired) electrons. The molecule has 1 aliphatic carbocycles. The highest BCUT2D eigenvalue weighted by molar-refractivity contribution is 7.89. The Hall–Kier alpha value is -1.60. The van der Waals surface area contributed by atoms with Crippen LogP contribution in [0.5, 0.6) is 0 Å². The first-order chi connectivity index (χ1) is 8.88. The van der Waals surface area contributed by atoms with E-state index in [0.717, 1.165) is 25.3 Å². The molecule has 0 spiro atoms. The van der Waals surface area contributed by atoms with E-state index in [1.54, 1.807) is 0 Å². The highest BCUT2D eigenvalue weighted by Crippen LogP contribution is 2.27. The third-order valence-corrected chi connectivity index (χ3v) is 4.16. The summed E-state index contributed by atoms with van der Waals surface area (Å²) in [4.78, 5) is 11.7. The Morgan fingerprint density at radius 3 is 2.58 bits per heavy atom. The molecule has 2 rings (SSSR count). The summed E-state index contributed by atoms with van der Waals surface area (Å²) in [6, 6.07) is 3.74. The molecule has 0 saturated heterocycles. The maximum atomic E-state index is 11.9. The Morgan fingerprint density at radius 2 is 2.05 bits per heavy atom. The first-order valence-electron chi connectivity index (χ1n) is 5.97. The van der Waals surface area contributed by atoms with Gasteiger partial charge in [-0.2, -0.15) is 0 Å². The highest BCUT2D eigenvalue weighted by atomic mass is 32.2. The van der Waals surface area contributed by atoms with Gasteiger partial charge in [-0.15, -0.1) is 0 Å². The van der Waals surface area contributed by atoms with Crippen LogP contribution < -0.4 is 10.9 Å². The number of benzene rings is 1. The molecule has 1 aromatic carbocycles. The van der Waals surface area contributed by atoms with Crippen molar-refractivity contribution in [3.8, 4) is 0 Å². The van der Waals surface area contributed by atoms with Gasteiger partial charge in [-0.3, -0.25) is 0 Å². The Morgan fingerprint density at radius 1 is 1.37 bits per heavy atom. The number of rotatable bonds is 4. The van der Waals surface area contributed by atoms with Gasteiger partial charge in [0.25, 0.3) is 0 Å². The zero-order valence-electron chi connectivity index (χ0n) is 10.3. The SMILES string of the molecule is Nc1ccc(S(N)(=O)=O)cc1C(=O)OCC1CCC1. The highest BCUT2D eigenvalue weighted by Gasteiger charge is 2.21. The summed E-state index contributed by atoms with van der Waals surface area (Å²) in [5.41, 5.74) is 5.86. The van der Waals surface area contributed by atoms with Gasteiger partial charge >= 0.3 is 5.97 Å². The van der Waals surface area contributed by atoms with Crippen molar-refractivity contribution in [2.45, 2.75) is 24.2 Å². The van der Waals surface area contributed by atoms with Crippen molar-refractivity contribution in [1.29, 1.82) is 0 Å². The van der Waals surface area contributed by atoms with Crippen LogP contribution in [0, 0.1) is 5.92 Å². The van der Waals surface area contributed by atoms with Gasteiger partial charge in [0, 0.05) is 5.69 Å². The number of primary sulfonamides is 1. The van der Waals surface area contributed by atoms with Crippen LogP contribution in [0.1, 0.15) is 29.6 Å². The van der Waals surface area contributed by atoms with E-state index in [1.165, 1.54) is 12.1 Å². The summed E-state index contributed by atoms with van der Waals surface area (Å²) < 4.78 is 27.6. The van der Waals surface area contributed by atoms with Gasteiger partial charge in [0.1, 0.15) is 0 Å². The number of hydrogen-bond acceptors (Lipinski definition) is 5. The number of hydrogen-bond donors (Lipinski definition) is 2. The van der Waals surface area contributed by atoms with Crippen molar-refractivity contribution in [2.24, 2.45) is 11.1 Å². The predicted octanol–water partition coefficient (Wildman–Crippen LogP) is 0.873. The average molecular weight is 284 g/mol.